The van der Waals surface area contributed by atoms with E-state index in [9.17, 15) is 9.90 Å². The SMILES string of the molecule is O=C1N(Br)c2ccc(Br)c(Br)c2C1(O)Br. The predicted molar refractivity (Wildman–Crippen MR) is 71.1 cm³/mol. The number of benzene rings is 1. The third-order valence-electron chi connectivity index (χ3n) is 2.08. The molecular weight excluding hydrogens is 462 g/mol. The Balaban J connectivity index is 2.79. The van der Waals surface area contributed by atoms with Crippen molar-refractivity contribution in [1.82, 2.24) is 0 Å². The monoisotopic (exact) mass is 461 g/mol. The second-order valence-corrected chi connectivity index (χ2v) is 6.47. The molecule has 2 rings (SSSR count). The van der Waals surface area contributed by atoms with Crippen molar-refractivity contribution >= 4 is 75.5 Å². The normalized spacial score (nSPS) is 24.6. The molecule has 0 bridgehead atoms. The van der Waals surface area contributed by atoms with Gasteiger partial charge in [0.05, 0.1) is 21.8 Å². The van der Waals surface area contributed by atoms with Gasteiger partial charge in [0, 0.05) is 14.5 Å². The second-order valence-electron chi connectivity index (χ2n) is 2.96. The number of nitrogens with zero attached hydrogens (tertiary/aromatic N) is 1. The van der Waals surface area contributed by atoms with Gasteiger partial charge in [0.2, 0.25) is 4.51 Å². The van der Waals surface area contributed by atoms with Gasteiger partial charge in [-0.2, -0.15) is 0 Å². The minimum Gasteiger partial charge on any atom is -0.367 e. The molecule has 1 atom stereocenters. The zero-order chi connectivity index (χ0) is 11.4. The molecular formula is C8H3Br4NO2. The fourth-order valence-electron chi connectivity index (χ4n) is 1.37. The van der Waals surface area contributed by atoms with E-state index in [0.29, 0.717) is 15.7 Å². The molecule has 0 spiro atoms. The number of carbonyl (C=O) groups excluding carboxylic acids is 1. The summed E-state index contributed by atoms with van der Waals surface area (Å²) in [5, 5.41) is 10.0. The van der Waals surface area contributed by atoms with Gasteiger partial charge in [0.1, 0.15) is 0 Å². The van der Waals surface area contributed by atoms with Crippen LogP contribution in [0.4, 0.5) is 5.69 Å². The molecule has 1 aromatic carbocycles. The van der Waals surface area contributed by atoms with E-state index in [1.165, 1.54) is 3.93 Å². The maximum Gasteiger partial charge on any atom is 0.285 e. The highest BCUT2D eigenvalue weighted by atomic mass is 79.9. The minimum atomic E-state index is -1.69. The average molecular weight is 465 g/mol. The zero-order valence-electron chi connectivity index (χ0n) is 6.97. The van der Waals surface area contributed by atoms with Crippen molar-refractivity contribution in [3.63, 3.8) is 0 Å². The summed E-state index contributed by atoms with van der Waals surface area (Å²) in [5.74, 6) is -0.476. The first-order valence-electron chi connectivity index (χ1n) is 3.77. The van der Waals surface area contributed by atoms with Crippen molar-refractivity contribution in [1.29, 1.82) is 0 Å². The molecule has 1 N–H and O–H groups in total. The average Bonchev–Trinajstić information content (AvgIpc) is 2.34. The first kappa shape index (κ1) is 12.0. The second kappa shape index (κ2) is 3.80. The Kier molecular flexibility index (Phi) is 3.05. The molecule has 0 aromatic heterocycles. The molecule has 1 heterocycles. The molecule has 1 unspecified atom stereocenters. The summed E-state index contributed by atoms with van der Waals surface area (Å²) in [5.41, 5.74) is 1.09. The zero-order valence-corrected chi connectivity index (χ0v) is 13.3. The van der Waals surface area contributed by atoms with E-state index in [1.54, 1.807) is 12.1 Å². The van der Waals surface area contributed by atoms with Crippen LogP contribution in [0, 0.1) is 0 Å². The Hall–Kier alpha value is 0.570. The summed E-state index contributed by atoms with van der Waals surface area (Å²) in [4.78, 5) is 11.7. The molecule has 15 heavy (non-hydrogen) atoms. The van der Waals surface area contributed by atoms with Gasteiger partial charge in [-0.15, -0.1) is 0 Å². The molecule has 3 nitrogen and oxygen atoms in total. The van der Waals surface area contributed by atoms with Crippen LogP contribution in [0.25, 0.3) is 0 Å². The molecule has 0 saturated carbocycles. The quantitative estimate of drug-likeness (QED) is 0.472. The number of anilines is 1. The van der Waals surface area contributed by atoms with Crippen LogP contribution in [0.3, 0.4) is 0 Å². The van der Waals surface area contributed by atoms with Crippen LogP contribution >= 0.6 is 63.9 Å². The lowest BCUT2D eigenvalue weighted by molar-refractivity contribution is -0.126. The molecule has 1 aromatic rings. The molecule has 7 heteroatoms. The largest absolute Gasteiger partial charge is 0.367 e. The van der Waals surface area contributed by atoms with Gasteiger partial charge in [-0.05, 0) is 59.9 Å². The Morgan fingerprint density at radius 3 is 2.53 bits per heavy atom. The summed E-state index contributed by atoms with van der Waals surface area (Å²) in [7, 11) is 0. The van der Waals surface area contributed by atoms with Crippen LogP contribution < -0.4 is 3.93 Å². The number of alkyl halides is 1. The van der Waals surface area contributed by atoms with Crippen molar-refractivity contribution in [2.45, 2.75) is 4.51 Å². The summed E-state index contributed by atoms with van der Waals surface area (Å²) in [6.45, 7) is 0. The van der Waals surface area contributed by atoms with E-state index in [1.807, 2.05) is 0 Å². The number of carbonyl (C=O) groups is 1. The number of amides is 1. The molecule has 1 amide bonds. The number of rotatable bonds is 0. The van der Waals surface area contributed by atoms with Gasteiger partial charge >= 0.3 is 0 Å². The summed E-state index contributed by atoms with van der Waals surface area (Å²) >= 11 is 12.8. The van der Waals surface area contributed by atoms with Gasteiger partial charge in [-0.3, -0.25) is 4.79 Å². The highest BCUT2D eigenvalue weighted by Crippen LogP contribution is 2.50. The summed E-state index contributed by atoms with van der Waals surface area (Å²) in [6, 6.07) is 3.52. The number of fused-ring (bicyclic) bond motifs is 1. The van der Waals surface area contributed by atoms with E-state index in [0.717, 1.165) is 4.47 Å². The highest BCUT2D eigenvalue weighted by Gasteiger charge is 2.49. The van der Waals surface area contributed by atoms with Crippen LogP contribution in [0.2, 0.25) is 0 Å². The van der Waals surface area contributed by atoms with Crippen molar-refractivity contribution in [3.8, 4) is 0 Å². The number of hydrogen-bond acceptors (Lipinski definition) is 2. The standard InChI is InChI=1S/C8H3Br4NO2/c9-3-1-2-4-5(6(3)10)8(11,15)7(14)13(4)12/h1-2,15H. The Morgan fingerprint density at radius 1 is 1.33 bits per heavy atom. The fourth-order valence-corrected chi connectivity index (χ4v) is 3.95. The van der Waals surface area contributed by atoms with Crippen molar-refractivity contribution in [2.24, 2.45) is 0 Å². The molecule has 0 aliphatic carbocycles. The topological polar surface area (TPSA) is 40.5 Å². The van der Waals surface area contributed by atoms with Crippen molar-refractivity contribution < 1.29 is 9.90 Å². The van der Waals surface area contributed by atoms with E-state index in [4.69, 9.17) is 0 Å². The first-order chi connectivity index (χ1) is 6.87. The van der Waals surface area contributed by atoms with Crippen LogP contribution in [-0.4, -0.2) is 11.0 Å². The van der Waals surface area contributed by atoms with Gasteiger partial charge in [0.15, 0.2) is 0 Å². The van der Waals surface area contributed by atoms with Crippen molar-refractivity contribution in [3.05, 3.63) is 26.6 Å². The van der Waals surface area contributed by atoms with Crippen molar-refractivity contribution in [2.75, 3.05) is 3.93 Å². The lowest BCUT2D eigenvalue weighted by atomic mass is 10.1. The van der Waals surface area contributed by atoms with Crippen LogP contribution in [-0.2, 0) is 9.30 Å². The Bertz CT molecular complexity index is 460. The van der Waals surface area contributed by atoms with Crippen LogP contribution in [0.5, 0.6) is 0 Å². The molecule has 80 valence electrons. The maximum atomic E-state index is 11.7. The Labute approximate surface area is 120 Å². The lowest BCUT2D eigenvalue weighted by Crippen LogP contribution is -2.30. The minimum absolute atomic E-state index is 0.476. The molecule has 1 aliphatic rings. The van der Waals surface area contributed by atoms with Gasteiger partial charge in [-0.25, -0.2) is 3.93 Å². The van der Waals surface area contributed by atoms with Gasteiger partial charge < -0.3 is 5.11 Å². The molecule has 0 radical (unpaired) electrons. The smallest absolute Gasteiger partial charge is 0.285 e. The van der Waals surface area contributed by atoms with E-state index in [-0.39, 0.29) is 0 Å². The molecule has 0 fully saturated rings. The highest BCUT2D eigenvalue weighted by molar-refractivity contribution is 9.13. The molecule has 0 saturated heterocycles. The van der Waals surface area contributed by atoms with Gasteiger partial charge in [0.25, 0.3) is 5.91 Å². The van der Waals surface area contributed by atoms with E-state index in [2.05, 4.69) is 63.9 Å². The first-order valence-corrected chi connectivity index (χ1v) is 6.86. The molecule has 1 aliphatic heterocycles. The number of hydrogen-bond donors (Lipinski definition) is 1. The lowest BCUT2D eigenvalue weighted by Gasteiger charge is -2.13. The number of aliphatic hydroxyl groups is 1. The van der Waals surface area contributed by atoms with Crippen LogP contribution in [0.15, 0.2) is 21.1 Å². The van der Waals surface area contributed by atoms with E-state index < -0.39 is 10.4 Å². The third kappa shape index (κ3) is 1.63. The predicted octanol–water partition coefficient (Wildman–Crippen LogP) is 3.41. The third-order valence-corrected chi connectivity index (χ3v) is 5.53. The van der Waals surface area contributed by atoms with Crippen LogP contribution in [0.1, 0.15) is 5.56 Å². The summed E-state index contributed by atoms with van der Waals surface area (Å²) in [6.07, 6.45) is 0. The fraction of sp³-hybridized carbons (Fsp3) is 0.125. The van der Waals surface area contributed by atoms with Gasteiger partial charge in [-0.1, -0.05) is 0 Å². The maximum absolute atomic E-state index is 11.7. The summed E-state index contributed by atoms with van der Waals surface area (Å²) < 4.78 is 0.965. The van der Waals surface area contributed by atoms with E-state index >= 15 is 0 Å². The Morgan fingerprint density at radius 2 is 1.93 bits per heavy atom. The number of halogens is 4.